The number of aryl methyl sites for hydroxylation is 1. The van der Waals surface area contributed by atoms with Gasteiger partial charge in [-0.1, -0.05) is 19.8 Å². The molecule has 1 aromatic heterocycles. The maximum absolute atomic E-state index is 11.8. The van der Waals surface area contributed by atoms with Crippen molar-refractivity contribution < 1.29 is 4.79 Å². The number of carbonyl (C=O) groups is 1. The van der Waals surface area contributed by atoms with E-state index in [1.54, 1.807) is 11.3 Å². The highest BCUT2D eigenvalue weighted by Gasteiger charge is 2.10. The van der Waals surface area contributed by atoms with Gasteiger partial charge in [0.05, 0.1) is 17.7 Å². The molecule has 1 atom stereocenters. The molecule has 0 saturated carbocycles. The number of nitrogens with one attached hydrogen (secondary N) is 1. The lowest BCUT2D eigenvalue weighted by atomic mass is 9.94. The summed E-state index contributed by atoms with van der Waals surface area (Å²) < 4.78 is 0. The third-order valence-electron chi connectivity index (χ3n) is 3.34. The summed E-state index contributed by atoms with van der Waals surface area (Å²) in [4.78, 5) is 17.1. The summed E-state index contributed by atoms with van der Waals surface area (Å²) in [6.45, 7) is 5.46. The third-order valence-corrected chi connectivity index (χ3v) is 4.28. The van der Waals surface area contributed by atoms with Gasteiger partial charge < -0.3 is 11.1 Å². The van der Waals surface area contributed by atoms with Gasteiger partial charge in [0.2, 0.25) is 5.91 Å². The number of nitrogens with zero attached hydrogens (tertiary/aromatic N) is 1. The number of carbonyl (C=O) groups excluding carboxylic acids is 1. The van der Waals surface area contributed by atoms with Crippen LogP contribution in [0.4, 0.5) is 0 Å². The topological polar surface area (TPSA) is 68.0 Å². The molecule has 1 heterocycles. The zero-order chi connectivity index (χ0) is 14.1. The van der Waals surface area contributed by atoms with Crippen LogP contribution in [0.3, 0.4) is 0 Å². The molecule has 19 heavy (non-hydrogen) atoms. The summed E-state index contributed by atoms with van der Waals surface area (Å²) in [5.41, 5.74) is 8.43. The lowest BCUT2D eigenvalue weighted by Crippen LogP contribution is -2.23. The van der Waals surface area contributed by atoms with Crippen LogP contribution in [0.2, 0.25) is 0 Å². The van der Waals surface area contributed by atoms with Crippen molar-refractivity contribution in [3.63, 3.8) is 0 Å². The smallest absolute Gasteiger partial charge is 0.220 e. The molecule has 1 amide bonds. The molecule has 0 aromatic carbocycles. The number of thiazole rings is 1. The fourth-order valence-corrected chi connectivity index (χ4v) is 2.89. The van der Waals surface area contributed by atoms with Gasteiger partial charge in [0, 0.05) is 11.3 Å². The van der Waals surface area contributed by atoms with Crippen molar-refractivity contribution in [1.29, 1.82) is 0 Å². The first-order valence-electron chi connectivity index (χ1n) is 7.03. The van der Waals surface area contributed by atoms with Crippen molar-refractivity contribution in [3.05, 3.63) is 16.1 Å². The average molecular weight is 283 g/mol. The molecular weight excluding hydrogens is 258 g/mol. The summed E-state index contributed by atoms with van der Waals surface area (Å²) in [6, 6.07) is 0. The number of rotatable bonds is 9. The minimum Gasteiger partial charge on any atom is -0.351 e. The molecule has 108 valence electrons. The van der Waals surface area contributed by atoms with Crippen LogP contribution < -0.4 is 11.1 Å². The monoisotopic (exact) mass is 283 g/mol. The largest absolute Gasteiger partial charge is 0.351 e. The van der Waals surface area contributed by atoms with Gasteiger partial charge in [0.15, 0.2) is 0 Å². The molecule has 3 N–H and O–H groups in total. The van der Waals surface area contributed by atoms with E-state index in [-0.39, 0.29) is 5.91 Å². The molecule has 0 aliphatic carbocycles. The van der Waals surface area contributed by atoms with Crippen LogP contribution in [-0.4, -0.2) is 17.4 Å². The van der Waals surface area contributed by atoms with E-state index in [1.165, 1.54) is 6.42 Å². The van der Waals surface area contributed by atoms with Crippen LogP contribution in [0.25, 0.3) is 0 Å². The number of nitrogens with two attached hydrogens (primary N) is 1. The van der Waals surface area contributed by atoms with Crippen molar-refractivity contribution in [2.75, 3.05) is 6.54 Å². The lowest BCUT2D eigenvalue weighted by molar-refractivity contribution is -0.121. The Morgan fingerprint density at radius 3 is 2.84 bits per heavy atom. The first kappa shape index (κ1) is 16.1. The molecule has 0 saturated heterocycles. The molecule has 1 unspecified atom stereocenters. The summed E-state index contributed by atoms with van der Waals surface area (Å²) >= 11 is 1.59. The van der Waals surface area contributed by atoms with Crippen molar-refractivity contribution in [2.45, 2.75) is 52.5 Å². The third kappa shape index (κ3) is 6.16. The van der Waals surface area contributed by atoms with E-state index in [4.69, 9.17) is 5.73 Å². The van der Waals surface area contributed by atoms with Crippen LogP contribution in [0.5, 0.6) is 0 Å². The molecule has 0 radical (unpaired) electrons. The van der Waals surface area contributed by atoms with Gasteiger partial charge in [-0.15, -0.1) is 11.3 Å². The normalized spacial score (nSPS) is 12.4. The fraction of sp³-hybridized carbons (Fsp3) is 0.714. The van der Waals surface area contributed by atoms with Gasteiger partial charge in [-0.05, 0) is 32.2 Å². The Balaban J connectivity index is 2.25. The Labute approximate surface area is 119 Å². The van der Waals surface area contributed by atoms with Crippen LogP contribution >= 0.6 is 11.3 Å². The second-order valence-electron chi connectivity index (χ2n) is 4.91. The maximum atomic E-state index is 11.8. The first-order chi connectivity index (χ1) is 9.17. The predicted molar refractivity (Wildman–Crippen MR) is 80.0 cm³/mol. The van der Waals surface area contributed by atoms with Crippen molar-refractivity contribution >= 4 is 17.2 Å². The second-order valence-corrected chi connectivity index (χ2v) is 5.85. The minimum atomic E-state index is 0.130. The molecule has 5 heteroatoms. The quantitative estimate of drug-likeness (QED) is 0.732. The number of amides is 1. The Morgan fingerprint density at radius 1 is 1.47 bits per heavy atom. The Kier molecular flexibility index (Phi) is 7.67. The predicted octanol–water partition coefficient (Wildman–Crippen LogP) is 2.61. The summed E-state index contributed by atoms with van der Waals surface area (Å²) in [5.74, 6) is 0.719. The van der Waals surface area contributed by atoms with E-state index in [1.807, 2.05) is 12.4 Å². The van der Waals surface area contributed by atoms with E-state index in [0.29, 0.717) is 25.4 Å². The minimum absolute atomic E-state index is 0.130. The average Bonchev–Trinajstić information content (AvgIpc) is 2.79. The number of hydrogen-bond donors (Lipinski definition) is 2. The summed E-state index contributed by atoms with van der Waals surface area (Å²) in [5, 5.41) is 2.97. The van der Waals surface area contributed by atoms with Crippen molar-refractivity contribution in [3.8, 4) is 0 Å². The molecule has 1 aromatic rings. The van der Waals surface area contributed by atoms with Crippen molar-refractivity contribution in [2.24, 2.45) is 11.7 Å². The molecule has 0 aliphatic heterocycles. The van der Waals surface area contributed by atoms with Gasteiger partial charge in [0.1, 0.15) is 0 Å². The van der Waals surface area contributed by atoms with E-state index in [9.17, 15) is 4.79 Å². The lowest BCUT2D eigenvalue weighted by Gasteiger charge is -2.14. The molecule has 1 rings (SSSR count). The highest BCUT2D eigenvalue weighted by atomic mass is 32.1. The van der Waals surface area contributed by atoms with E-state index >= 15 is 0 Å². The first-order valence-corrected chi connectivity index (χ1v) is 7.91. The van der Waals surface area contributed by atoms with Gasteiger partial charge in [-0.2, -0.15) is 0 Å². The van der Waals surface area contributed by atoms with Crippen molar-refractivity contribution in [1.82, 2.24) is 10.3 Å². The summed E-state index contributed by atoms with van der Waals surface area (Å²) in [6.07, 6.45) is 4.89. The summed E-state index contributed by atoms with van der Waals surface area (Å²) in [7, 11) is 0. The van der Waals surface area contributed by atoms with Gasteiger partial charge in [0.25, 0.3) is 0 Å². The fourth-order valence-electron chi connectivity index (χ4n) is 2.18. The number of aromatic nitrogens is 1. The molecule has 0 aliphatic rings. The molecule has 4 nitrogen and oxygen atoms in total. The van der Waals surface area contributed by atoms with Crippen LogP contribution in [0.15, 0.2) is 5.51 Å². The number of hydrogen-bond acceptors (Lipinski definition) is 4. The van der Waals surface area contributed by atoms with Crippen LogP contribution in [-0.2, 0) is 11.3 Å². The second kappa shape index (κ2) is 9.04. The van der Waals surface area contributed by atoms with Gasteiger partial charge in [-0.3, -0.25) is 4.79 Å². The molecular formula is C14H25N3OS. The van der Waals surface area contributed by atoms with E-state index in [0.717, 1.165) is 29.8 Å². The van der Waals surface area contributed by atoms with Gasteiger partial charge >= 0.3 is 0 Å². The molecule has 0 bridgehead atoms. The maximum Gasteiger partial charge on any atom is 0.220 e. The zero-order valence-electron chi connectivity index (χ0n) is 11.9. The molecule has 0 spiro atoms. The van der Waals surface area contributed by atoms with Crippen LogP contribution in [0, 0.1) is 12.8 Å². The Bertz CT molecular complexity index is 373. The van der Waals surface area contributed by atoms with E-state index < -0.39 is 0 Å². The molecule has 0 fully saturated rings. The highest BCUT2D eigenvalue weighted by Crippen LogP contribution is 2.17. The Hall–Kier alpha value is -0.940. The Morgan fingerprint density at radius 2 is 2.26 bits per heavy atom. The zero-order valence-corrected chi connectivity index (χ0v) is 12.8. The highest BCUT2D eigenvalue weighted by molar-refractivity contribution is 7.09. The van der Waals surface area contributed by atoms with Crippen LogP contribution in [0.1, 0.15) is 49.6 Å². The van der Waals surface area contributed by atoms with E-state index in [2.05, 4.69) is 17.2 Å². The standard InChI is InChI=1S/C14H25N3OS/c1-3-4-12(7-8-15)5-6-14(18)16-9-13-11(2)17-10-19-13/h10,12H,3-9,15H2,1-2H3,(H,16,18). The SMILES string of the molecule is CCCC(CCN)CCC(=O)NCc1scnc1C. The van der Waals surface area contributed by atoms with Gasteiger partial charge in [-0.25, -0.2) is 4.98 Å².